The number of benzene rings is 2. The molecule has 0 amide bonds. The molecule has 0 aliphatic rings. The highest BCUT2D eigenvalue weighted by Gasteiger charge is 2.19. The van der Waals surface area contributed by atoms with Gasteiger partial charge in [-0.3, -0.25) is 0 Å². The minimum atomic E-state index is -0.382. The van der Waals surface area contributed by atoms with Crippen molar-refractivity contribution in [3.05, 3.63) is 59.9 Å². The van der Waals surface area contributed by atoms with Gasteiger partial charge in [-0.1, -0.05) is 24.3 Å². The van der Waals surface area contributed by atoms with Gasteiger partial charge in [0.05, 0.1) is 19.9 Å². The minimum Gasteiger partial charge on any atom is -0.493 e. The van der Waals surface area contributed by atoms with Crippen molar-refractivity contribution in [2.24, 2.45) is 0 Å². The van der Waals surface area contributed by atoms with Gasteiger partial charge in [-0.15, -0.1) is 0 Å². The zero-order chi connectivity index (χ0) is 18.7. The largest absolute Gasteiger partial charge is 0.493 e. The summed E-state index contributed by atoms with van der Waals surface area (Å²) in [6.45, 7) is 0. The lowest BCUT2D eigenvalue weighted by molar-refractivity contribution is 0.356. The quantitative estimate of drug-likeness (QED) is 0.769. The molecule has 26 heavy (non-hydrogen) atoms. The second-order valence-electron chi connectivity index (χ2n) is 5.48. The van der Waals surface area contributed by atoms with Crippen LogP contribution in [0, 0.1) is 17.1 Å². The van der Waals surface area contributed by atoms with Gasteiger partial charge in [0.25, 0.3) is 0 Å². The Morgan fingerprint density at radius 2 is 1.81 bits per heavy atom. The van der Waals surface area contributed by atoms with Crippen molar-refractivity contribution in [3.8, 4) is 40.0 Å². The van der Waals surface area contributed by atoms with Crippen LogP contribution in [-0.2, 0) is 0 Å². The molecule has 2 aromatic carbocycles. The molecule has 5 nitrogen and oxygen atoms in total. The molecule has 0 aliphatic heterocycles. The van der Waals surface area contributed by atoms with Gasteiger partial charge in [0.2, 0.25) is 0 Å². The molecule has 3 aromatic rings. The lowest BCUT2D eigenvalue weighted by atomic mass is 9.97. The topological polar surface area (TPSA) is 81.2 Å². The maximum Gasteiger partial charge on any atom is 0.168 e. The summed E-state index contributed by atoms with van der Waals surface area (Å²) in [6.07, 6.45) is 0. The van der Waals surface area contributed by atoms with E-state index in [1.54, 1.807) is 36.4 Å². The van der Waals surface area contributed by atoms with Crippen LogP contribution in [0.5, 0.6) is 11.5 Å². The number of nitrogens with two attached hydrogens (primary N) is 1. The fraction of sp³-hybridized carbons (Fsp3) is 0.100. The predicted molar refractivity (Wildman–Crippen MR) is 97.3 cm³/mol. The highest BCUT2D eigenvalue weighted by Crippen LogP contribution is 2.41. The van der Waals surface area contributed by atoms with Gasteiger partial charge in [-0.25, -0.2) is 9.37 Å². The number of pyridine rings is 1. The van der Waals surface area contributed by atoms with Gasteiger partial charge >= 0.3 is 0 Å². The molecule has 6 heteroatoms. The Balaban J connectivity index is 2.30. The molecule has 0 saturated carbocycles. The first-order valence-electron chi connectivity index (χ1n) is 7.77. The van der Waals surface area contributed by atoms with Crippen molar-refractivity contribution >= 4 is 5.82 Å². The standard InChI is InChI=1S/C20H16FN3O2/c1-25-18-8-4-7-14(19(18)26-2)15-10-17(24-20(23)16(15)11-22)12-5-3-6-13(21)9-12/h3-10H,1-2H3,(H2,23,24). The molecule has 0 aliphatic carbocycles. The minimum absolute atomic E-state index is 0.0640. The molecule has 0 fully saturated rings. The molecule has 130 valence electrons. The number of methoxy groups -OCH3 is 2. The van der Waals surface area contributed by atoms with Gasteiger partial charge in [0, 0.05) is 16.7 Å². The van der Waals surface area contributed by atoms with Crippen molar-refractivity contribution in [3.63, 3.8) is 0 Å². The Morgan fingerprint density at radius 3 is 2.46 bits per heavy atom. The third kappa shape index (κ3) is 3.03. The van der Waals surface area contributed by atoms with Crippen LogP contribution in [0.4, 0.5) is 10.2 Å². The normalized spacial score (nSPS) is 10.2. The molecule has 0 saturated heterocycles. The van der Waals surface area contributed by atoms with Gasteiger partial charge in [0.15, 0.2) is 11.5 Å². The molecule has 3 rings (SSSR count). The van der Waals surface area contributed by atoms with E-state index in [1.165, 1.54) is 26.4 Å². The Bertz CT molecular complexity index is 1010. The van der Waals surface area contributed by atoms with Crippen LogP contribution >= 0.6 is 0 Å². The Labute approximate surface area is 150 Å². The number of nitriles is 1. The highest BCUT2D eigenvalue weighted by molar-refractivity contribution is 5.84. The summed E-state index contributed by atoms with van der Waals surface area (Å²) in [5.74, 6) is 0.681. The number of aromatic nitrogens is 1. The molecular formula is C20H16FN3O2. The summed E-state index contributed by atoms with van der Waals surface area (Å²) in [5, 5.41) is 9.55. The highest BCUT2D eigenvalue weighted by atomic mass is 19.1. The van der Waals surface area contributed by atoms with Crippen LogP contribution in [0.2, 0.25) is 0 Å². The van der Waals surface area contributed by atoms with Crippen molar-refractivity contribution in [2.75, 3.05) is 20.0 Å². The zero-order valence-electron chi connectivity index (χ0n) is 14.3. The van der Waals surface area contributed by atoms with Crippen LogP contribution in [-0.4, -0.2) is 19.2 Å². The molecule has 0 unspecified atom stereocenters. The van der Waals surface area contributed by atoms with Crippen molar-refractivity contribution < 1.29 is 13.9 Å². The molecule has 1 heterocycles. The van der Waals surface area contributed by atoms with E-state index in [1.807, 2.05) is 0 Å². The second kappa shape index (κ2) is 7.11. The lowest BCUT2D eigenvalue weighted by Crippen LogP contribution is -2.01. The maximum absolute atomic E-state index is 13.6. The maximum atomic E-state index is 13.6. The van der Waals surface area contributed by atoms with Crippen LogP contribution in [0.15, 0.2) is 48.5 Å². The van der Waals surface area contributed by atoms with E-state index in [0.717, 1.165) is 0 Å². The number of para-hydroxylation sites is 1. The Kier molecular flexibility index (Phi) is 4.72. The number of halogens is 1. The molecule has 0 radical (unpaired) electrons. The Morgan fingerprint density at radius 1 is 1.04 bits per heavy atom. The fourth-order valence-electron chi connectivity index (χ4n) is 2.79. The van der Waals surface area contributed by atoms with Crippen molar-refractivity contribution in [1.82, 2.24) is 4.98 Å². The first kappa shape index (κ1) is 17.2. The smallest absolute Gasteiger partial charge is 0.168 e. The second-order valence-corrected chi connectivity index (χ2v) is 5.48. The van der Waals surface area contributed by atoms with Gasteiger partial charge in [-0.05, 0) is 24.3 Å². The fourth-order valence-corrected chi connectivity index (χ4v) is 2.79. The SMILES string of the molecule is COc1cccc(-c2cc(-c3cccc(F)c3)nc(N)c2C#N)c1OC. The number of nitrogen functional groups attached to an aromatic ring is 1. The number of ether oxygens (including phenoxy) is 2. The zero-order valence-corrected chi connectivity index (χ0v) is 14.3. The van der Waals surface area contributed by atoms with E-state index in [9.17, 15) is 9.65 Å². The predicted octanol–water partition coefficient (Wildman–Crippen LogP) is 4.03. The summed E-state index contributed by atoms with van der Waals surface area (Å²) >= 11 is 0. The summed E-state index contributed by atoms with van der Waals surface area (Å²) in [4.78, 5) is 4.26. The average molecular weight is 349 g/mol. The van der Waals surface area contributed by atoms with Crippen LogP contribution < -0.4 is 15.2 Å². The number of hydrogen-bond donors (Lipinski definition) is 1. The molecule has 1 aromatic heterocycles. The summed E-state index contributed by atoms with van der Waals surface area (Å²) in [6, 6.07) is 15.1. The third-order valence-corrected chi connectivity index (χ3v) is 3.97. The van der Waals surface area contributed by atoms with Gasteiger partial charge in [-0.2, -0.15) is 5.26 Å². The molecule has 0 spiro atoms. The number of hydrogen-bond acceptors (Lipinski definition) is 5. The molecule has 0 bridgehead atoms. The third-order valence-electron chi connectivity index (χ3n) is 3.97. The average Bonchev–Trinajstić information content (AvgIpc) is 2.66. The van der Waals surface area contributed by atoms with E-state index in [2.05, 4.69) is 11.1 Å². The van der Waals surface area contributed by atoms with Crippen LogP contribution in [0.1, 0.15) is 5.56 Å². The van der Waals surface area contributed by atoms with E-state index in [-0.39, 0.29) is 17.2 Å². The Hall–Kier alpha value is -3.59. The number of nitrogens with zero attached hydrogens (tertiary/aromatic N) is 2. The van der Waals surface area contributed by atoms with Crippen molar-refractivity contribution in [1.29, 1.82) is 5.26 Å². The first-order chi connectivity index (χ1) is 12.6. The molecule has 2 N–H and O–H groups in total. The van der Waals surface area contributed by atoms with Gasteiger partial charge in [0.1, 0.15) is 23.3 Å². The summed E-state index contributed by atoms with van der Waals surface area (Å²) in [7, 11) is 3.05. The summed E-state index contributed by atoms with van der Waals surface area (Å²) < 4.78 is 24.4. The van der Waals surface area contributed by atoms with Crippen LogP contribution in [0.25, 0.3) is 22.4 Å². The summed E-state index contributed by atoms with van der Waals surface area (Å²) in [5.41, 5.74) is 8.42. The van der Waals surface area contributed by atoms with Crippen LogP contribution in [0.3, 0.4) is 0 Å². The van der Waals surface area contributed by atoms with E-state index in [0.29, 0.717) is 33.9 Å². The number of anilines is 1. The van der Waals surface area contributed by atoms with E-state index >= 15 is 0 Å². The first-order valence-corrected chi connectivity index (χ1v) is 7.77. The van der Waals surface area contributed by atoms with Gasteiger partial charge < -0.3 is 15.2 Å². The number of rotatable bonds is 4. The molecule has 0 atom stereocenters. The monoisotopic (exact) mass is 349 g/mol. The van der Waals surface area contributed by atoms with E-state index < -0.39 is 0 Å². The molecular weight excluding hydrogens is 333 g/mol. The van der Waals surface area contributed by atoms with E-state index in [4.69, 9.17) is 15.2 Å². The van der Waals surface area contributed by atoms with Crippen molar-refractivity contribution in [2.45, 2.75) is 0 Å². The lowest BCUT2D eigenvalue weighted by Gasteiger charge is -2.15.